The minimum absolute atomic E-state index is 0.202. The van der Waals surface area contributed by atoms with Crippen molar-refractivity contribution in [3.63, 3.8) is 0 Å². The van der Waals surface area contributed by atoms with Gasteiger partial charge in [-0.3, -0.25) is 4.79 Å². The first-order valence-electron chi connectivity index (χ1n) is 6.27. The smallest absolute Gasteiger partial charge is 0.335 e. The van der Waals surface area contributed by atoms with Gasteiger partial charge >= 0.3 is 11.9 Å². The standard InChI is InChI=1S/C14H17NO4/c15-6-5-14(13(18)19)4-3-9-1-2-10(12(16)17)7-11(9)8-14/h1-2,7H,3-6,8,15H2,(H,16,17)(H,18,19). The van der Waals surface area contributed by atoms with Gasteiger partial charge in [0.05, 0.1) is 11.0 Å². The fourth-order valence-corrected chi connectivity index (χ4v) is 2.77. The maximum absolute atomic E-state index is 11.5. The number of aliphatic carboxylic acids is 1. The van der Waals surface area contributed by atoms with Crippen LogP contribution in [0.5, 0.6) is 0 Å². The van der Waals surface area contributed by atoms with Crippen molar-refractivity contribution in [2.24, 2.45) is 11.1 Å². The Hall–Kier alpha value is -1.88. The minimum atomic E-state index is -0.992. The molecule has 0 saturated carbocycles. The Morgan fingerprint density at radius 1 is 1.26 bits per heavy atom. The van der Waals surface area contributed by atoms with Crippen molar-refractivity contribution >= 4 is 11.9 Å². The van der Waals surface area contributed by atoms with Crippen LogP contribution in [0, 0.1) is 5.41 Å². The Labute approximate surface area is 111 Å². The first-order valence-corrected chi connectivity index (χ1v) is 6.27. The third-order valence-electron chi connectivity index (χ3n) is 3.93. The van der Waals surface area contributed by atoms with E-state index < -0.39 is 17.4 Å². The van der Waals surface area contributed by atoms with E-state index in [4.69, 9.17) is 10.8 Å². The molecule has 1 aliphatic carbocycles. The molecule has 0 heterocycles. The zero-order chi connectivity index (χ0) is 14.0. The van der Waals surface area contributed by atoms with E-state index in [1.807, 2.05) is 0 Å². The number of rotatable bonds is 4. The lowest BCUT2D eigenvalue weighted by molar-refractivity contribution is -0.150. The van der Waals surface area contributed by atoms with Gasteiger partial charge in [-0.05, 0) is 55.5 Å². The van der Waals surface area contributed by atoms with Gasteiger partial charge in [0.15, 0.2) is 0 Å². The van der Waals surface area contributed by atoms with Gasteiger partial charge in [-0.25, -0.2) is 4.79 Å². The number of aryl methyl sites for hydroxylation is 1. The van der Waals surface area contributed by atoms with Gasteiger partial charge in [0, 0.05) is 0 Å². The quantitative estimate of drug-likeness (QED) is 0.760. The molecular weight excluding hydrogens is 246 g/mol. The van der Waals surface area contributed by atoms with Crippen LogP contribution >= 0.6 is 0 Å². The van der Waals surface area contributed by atoms with Crippen LogP contribution in [-0.2, 0) is 17.6 Å². The van der Waals surface area contributed by atoms with Crippen molar-refractivity contribution in [2.75, 3.05) is 6.54 Å². The maximum Gasteiger partial charge on any atom is 0.335 e. The van der Waals surface area contributed by atoms with Gasteiger partial charge in [0.25, 0.3) is 0 Å². The summed E-state index contributed by atoms with van der Waals surface area (Å²) in [5.41, 5.74) is 6.74. The van der Waals surface area contributed by atoms with Crippen molar-refractivity contribution in [3.8, 4) is 0 Å². The number of hydrogen-bond donors (Lipinski definition) is 3. The molecule has 2 rings (SSSR count). The van der Waals surface area contributed by atoms with Crippen LogP contribution in [0.4, 0.5) is 0 Å². The third-order valence-corrected chi connectivity index (χ3v) is 3.93. The van der Waals surface area contributed by atoms with Crippen molar-refractivity contribution in [2.45, 2.75) is 25.7 Å². The number of benzene rings is 1. The second-order valence-corrected chi connectivity index (χ2v) is 5.09. The Morgan fingerprint density at radius 3 is 2.58 bits per heavy atom. The van der Waals surface area contributed by atoms with E-state index in [0.29, 0.717) is 32.2 Å². The van der Waals surface area contributed by atoms with Gasteiger partial charge < -0.3 is 15.9 Å². The second kappa shape index (κ2) is 5.01. The van der Waals surface area contributed by atoms with Gasteiger partial charge in [-0.1, -0.05) is 6.07 Å². The summed E-state index contributed by atoms with van der Waals surface area (Å²) in [4.78, 5) is 22.5. The Kier molecular flexibility index (Phi) is 3.57. The number of carboxylic acid groups (broad SMARTS) is 2. The third kappa shape index (κ3) is 2.46. The monoisotopic (exact) mass is 263 g/mol. The van der Waals surface area contributed by atoms with Crippen LogP contribution in [-0.4, -0.2) is 28.7 Å². The molecule has 1 aromatic carbocycles. The van der Waals surface area contributed by atoms with Gasteiger partial charge in [-0.15, -0.1) is 0 Å². The highest BCUT2D eigenvalue weighted by atomic mass is 16.4. The summed E-state index contributed by atoms with van der Waals surface area (Å²) in [6.07, 6.45) is 1.98. The van der Waals surface area contributed by atoms with Crippen LogP contribution in [0.1, 0.15) is 34.3 Å². The van der Waals surface area contributed by atoms with Crippen LogP contribution < -0.4 is 5.73 Å². The topological polar surface area (TPSA) is 101 Å². The van der Waals surface area contributed by atoms with Gasteiger partial charge in [-0.2, -0.15) is 0 Å². The molecular formula is C14H17NO4. The number of hydrogen-bond acceptors (Lipinski definition) is 3. The van der Waals surface area contributed by atoms with E-state index in [9.17, 15) is 14.7 Å². The zero-order valence-electron chi connectivity index (χ0n) is 10.6. The molecule has 1 aromatic rings. The van der Waals surface area contributed by atoms with E-state index in [0.717, 1.165) is 11.1 Å². The van der Waals surface area contributed by atoms with E-state index in [1.54, 1.807) is 18.2 Å². The molecule has 19 heavy (non-hydrogen) atoms. The lowest BCUT2D eigenvalue weighted by Gasteiger charge is -2.34. The van der Waals surface area contributed by atoms with Crippen molar-refractivity contribution in [3.05, 3.63) is 34.9 Å². The maximum atomic E-state index is 11.5. The summed E-state index contributed by atoms with van der Waals surface area (Å²) in [6.45, 7) is 0.320. The summed E-state index contributed by atoms with van der Waals surface area (Å²) < 4.78 is 0. The van der Waals surface area contributed by atoms with Crippen LogP contribution in [0.3, 0.4) is 0 Å². The number of carboxylic acids is 2. The Bertz CT molecular complexity index is 526. The number of fused-ring (bicyclic) bond motifs is 1. The summed E-state index contributed by atoms with van der Waals surface area (Å²) in [5.74, 6) is -1.84. The highest BCUT2D eigenvalue weighted by molar-refractivity contribution is 5.88. The SMILES string of the molecule is NCCC1(C(=O)O)CCc2ccc(C(=O)O)cc2C1. The lowest BCUT2D eigenvalue weighted by atomic mass is 9.69. The van der Waals surface area contributed by atoms with E-state index in [2.05, 4.69) is 0 Å². The molecule has 0 fully saturated rings. The second-order valence-electron chi connectivity index (χ2n) is 5.09. The molecule has 5 nitrogen and oxygen atoms in total. The molecule has 1 atom stereocenters. The minimum Gasteiger partial charge on any atom is -0.481 e. The molecule has 0 saturated heterocycles. The first kappa shape index (κ1) is 13.5. The molecule has 0 aromatic heterocycles. The molecule has 0 bridgehead atoms. The molecule has 0 aliphatic heterocycles. The first-order chi connectivity index (χ1) is 8.98. The van der Waals surface area contributed by atoms with Crippen molar-refractivity contribution in [1.82, 2.24) is 0 Å². The Morgan fingerprint density at radius 2 is 2.00 bits per heavy atom. The summed E-state index contributed by atoms with van der Waals surface area (Å²) in [7, 11) is 0. The summed E-state index contributed by atoms with van der Waals surface area (Å²) in [6, 6.07) is 4.94. The average Bonchev–Trinajstić information content (AvgIpc) is 2.38. The van der Waals surface area contributed by atoms with E-state index in [1.165, 1.54) is 0 Å². The summed E-state index contributed by atoms with van der Waals surface area (Å²) >= 11 is 0. The number of nitrogens with two attached hydrogens (primary N) is 1. The lowest BCUT2D eigenvalue weighted by Crippen LogP contribution is -2.38. The van der Waals surface area contributed by atoms with Crippen molar-refractivity contribution < 1.29 is 19.8 Å². The highest BCUT2D eigenvalue weighted by Crippen LogP contribution is 2.38. The van der Waals surface area contributed by atoms with E-state index in [-0.39, 0.29) is 5.56 Å². The molecule has 0 radical (unpaired) electrons. The van der Waals surface area contributed by atoms with Gasteiger partial charge in [0.1, 0.15) is 0 Å². The Balaban J connectivity index is 2.38. The highest BCUT2D eigenvalue weighted by Gasteiger charge is 2.40. The van der Waals surface area contributed by atoms with E-state index >= 15 is 0 Å². The molecule has 1 unspecified atom stereocenters. The molecule has 0 spiro atoms. The fraction of sp³-hybridized carbons (Fsp3) is 0.429. The predicted molar refractivity (Wildman–Crippen MR) is 69.2 cm³/mol. The van der Waals surface area contributed by atoms with Crippen LogP contribution in [0.25, 0.3) is 0 Å². The number of aromatic carboxylic acids is 1. The fourth-order valence-electron chi connectivity index (χ4n) is 2.77. The molecule has 0 amide bonds. The predicted octanol–water partition coefficient (Wildman–Crippen LogP) is 1.29. The van der Waals surface area contributed by atoms with Gasteiger partial charge in [0.2, 0.25) is 0 Å². The number of carbonyl (C=O) groups is 2. The molecule has 4 N–H and O–H groups in total. The zero-order valence-corrected chi connectivity index (χ0v) is 10.6. The average molecular weight is 263 g/mol. The van der Waals surface area contributed by atoms with Crippen LogP contribution in [0.15, 0.2) is 18.2 Å². The largest absolute Gasteiger partial charge is 0.481 e. The molecule has 102 valence electrons. The molecule has 5 heteroatoms. The van der Waals surface area contributed by atoms with Crippen LogP contribution in [0.2, 0.25) is 0 Å². The summed E-state index contributed by atoms with van der Waals surface area (Å²) in [5, 5.41) is 18.4. The van der Waals surface area contributed by atoms with Crippen molar-refractivity contribution in [1.29, 1.82) is 0 Å². The molecule has 1 aliphatic rings. The normalized spacial score (nSPS) is 21.7.